The van der Waals surface area contributed by atoms with Crippen LogP contribution in [0.5, 0.6) is 0 Å². The summed E-state index contributed by atoms with van der Waals surface area (Å²) < 4.78 is 5.28. The molecule has 0 bridgehead atoms. The molecule has 128 valence electrons. The number of nitrogen functional groups attached to an aromatic ring is 1. The third kappa shape index (κ3) is 4.63. The van der Waals surface area contributed by atoms with Crippen LogP contribution < -0.4 is 20.9 Å². The molecule has 1 aromatic rings. The van der Waals surface area contributed by atoms with Crippen LogP contribution in [0.4, 0.5) is 23.3 Å². The number of nitrogens with two attached hydrogens (primary N) is 1. The Morgan fingerprint density at radius 1 is 1.39 bits per heavy atom. The number of rotatable bonds is 7. The van der Waals surface area contributed by atoms with Gasteiger partial charge < -0.3 is 25.6 Å². The molecule has 10 nitrogen and oxygen atoms in total. The van der Waals surface area contributed by atoms with Gasteiger partial charge in [-0.3, -0.25) is 10.1 Å². The SMILES string of the molecule is C[NH+](C)CCCNc1nc(N)c([N+](=O)[O-])c(N2CCOCC2)n1. The number of hydrogen-bond donors (Lipinski definition) is 3. The van der Waals surface area contributed by atoms with E-state index < -0.39 is 4.92 Å². The number of ether oxygens (including phenoxy) is 1. The highest BCUT2D eigenvalue weighted by atomic mass is 16.6. The normalized spacial score (nSPS) is 15.0. The third-order valence-electron chi connectivity index (χ3n) is 3.52. The molecule has 4 N–H and O–H groups in total. The molecule has 0 unspecified atom stereocenters. The Kier molecular flexibility index (Phi) is 5.88. The third-order valence-corrected chi connectivity index (χ3v) is 3.52. The minimum atomic E-state index is -0.528. The van der Waals surface area contributed by atoms with Gasteiger partial charge in [-0.2, -0.15) is 9.97 Å². The van der Waals surface area contributed by atoms with Crippen LogP contribution in [0.25, 0.3) is 0 Å². The minimum absolute atomic E-state index is 0.118. The maximum absolute atomic E-state index is 11.3. The molecule has 0 amide bonds. The lowest BCUT2D eigenvalue weighted by atomic mass is 10.3. The number of nitrogens with one attached hydrogen (secondary N) is 2. The zero-order valence-electron chi connectivity index (χ0n) is 13.5. The summed E-state index contributed by atoms with van der Waals surface area (Å²) in [6.45, 7) is 3.79. The Bertz CT molecular complexity index is 547. The first-order valence-electron chi connectivity index (χ1n) is 7.66. The smallest absolute Gasteiger partial charge is 0.353 e. The Hall–Kier alpha value is -2.20. The Balaban J connectivity index is 2.17. The summed E-state index contributed by atoms with van der Waals surface area (Å²) in [5, 5.41) is 14.4. The molecular formula is C13H24N7O3+. The molecule has 0 atom stereocenters. The van der Waals surface area contributed by atoms with Crippen LogP contribution in [-0.4, -0.2) is 68.4 Å². The Morgan fingerprint density at radius 3 is 2.70 bits per heavy atom. The van der Waals surface area contributed by atoms with Crippen molar-refractivity contribution in [3.05, 3.63) is 10.1 Å². The van der Waals surface area contributed by atoms with Gasteiger partial charge in [-0.05, 0) is 0 Å². The first-order chi connectivity index (χ1) is 11.0. The van der Waals surface area contributed by atoms with Crippen molar-refractivity contribution in [1.82, 2.24) is 9.97 Å². The van der Waals surface area contributed by atoms with Crippen molar-refractivity contribution in [3.8, 4) is 0 Å². The average molecular weight is 326 g/mol. The average Bonchev–Trinajstić information content (AvgIpc) is 2.51. The largest absolute Gasteiger partial charge is 0.378 e. The predicted octanol–water partition coefficient (Wildman–Crippen LogP) is -1.25. The summed E-state index contributed by atoms with van der Waals surface area (Å²) in [7, 11) is 4.16. The van der Waals surface area contributed by atoms with Crippen molar-refractivity contribution >= 4 is 23.3 Å². The molecule has 2 rings (SSSR count). The molecule has 1 aliphatic heterocycles. The first kappa shape index (κ1) is 17.2. The maximum atomic E-state index is 11.3. The fourth-order valence-electron chi connectivity index (χ4n) is 2.35. The van der Waals surface area contributed by atoms with E-state index >= 15 is 0 Å². The summed E-state index contributed by atoms with van der Waals surface area (Å²) in [6.07, 6.45) is 0.940. The van der Waals surface area contributed by atoms with Crippen molar-refractivity contribution in [1.29, 1.82) is 0 Å². The van der Waals surface area contributed by atoms with Crippen LogP contribution in [0.1, 0.15) is 6.42 Å². The van der Waals surface area contributed by atoms with E-state index in [1.807, 2.05) is 4.90 Å². The first-order valence-corrected chi connectivity index (χ1v) is 7.66. The zero-order valence-corrected chi connectivity index (χ0v) is 13.5. The van der Waals surface area contributed by atoms with Crippen LogP contribution in [0, 0.1) is 10.1 Å². The molecule has 0 aliphatic carbocycles. The molecule has 0 spiro atoms. The second-order valence-electron chi connectivity index (χ2n) is 5.70. The molecule has 0 aromatic carbocycles. The maximum Gasteiger partial charge on any atom is 0.353 e. The van der Waals surface area contributed by atoms with Gasteiger partial charge in [-0.15, -0.1) is 0 Å². The highest BCUT2D eigenvalue weighted by Gasteiger charge is 2.28. The molecule has 0 radical (unpaired) electrons. The molecule has 23 heavy (non-hydrogen) atoms. The number of nitrogens with zero attached hydrogens (tertiary/aromatic N) is 4. The molecule has 1 fully saturated rings. The van der Waals surface area contributed by atoms with E-state index in [0.717, 1.165) is 13.0 Å². The number of anilines is 3. The number of aromatic nitrogens is 2. The fraction of sp³-hybridized carbons (Fsp3) is 0.692. The fourth-order valence-corrected chi connectivity index (χ4v) is 2.35. The quantitative estimate of drug-likeness (QED) is 0.323. The highest BCUT2D eigenvalue weighted by molar-refractivity contribution is 5.71. The van der Waals surface area contributed by atoms with Crippen LogP contribution >= 0.6 is 0 Å². The number of quaternary nitrogens is 1. The van der Waals surface area contributed by atoms with E-state index in [1.54, 1.807) is 0 Å². The van der Waals surface area contributed by atoms with E-state index in [1.165, 1.54) is 4.90 Å². The van der Waals surface area contributed by atoms with E-state index in [2.05, 4.69) is 29.4 Å². The Morgan fingerprint density at radius 2 is 2.09 bits per heavy atom. The Labute approximate surface area is 134 Å². The van der Waals surface area contributed by atoms with E-state index in [0.29, 0.717) is 38.8 Å². The summed E-state index contributed by atoms with van der Waals surface area (Å²) in [5.41, 5.74) is 5.55. The van der Waals surface area contributed by atoms with Gasteiger partial charge in [0, 0.05) is 26.1 Å². The van der Waals surface area contributed by atoms with Crippen molar-refractivity contribution < 1.29 is 14.6 Å². The number of hydrogen-bond acceptors (Lipinski definition) is 8. The second-order valence-corrected chi connectivity index (χ2v) is 5.70. The van der Waals surface area contributed by atoms with Gasteiger partial charge in [0.15, 0.2) is 0 Å². The molecule has 1 aromatic heterocycles. The highest BCUT2D eigenvalue weighted by Crippen LogP contribution is 2.32. The lowest BCUT2D eigenvalue weighted by Crippen LogP contribution is -3.05. The van der Waals surface area contributed by atoms with E-state index in [9.17, 15) is 10.1 Å². The molecule has 10 heteroatoms. The molecule has 1 saturated heterocycles. The van der Waals surface area contributed by atoms with Crippen molar-refractivity contribution in [2.24, 2.45) is 0 Å². The van der Waals surface area contributed by atoms with Crippen LogP contribution in [0.15, 0.2) is 0 Å². The van der Waals surface area contributed by atoms with E-state index in [-0.39, 0.29) is 17.3 Å². The van der Waals surface area contributed by atoms with Gasteiger partial charge in [0.05, 0.1) is 38.8 Å². The molecular weight excluding hydrogens is 302 g/mol. The van der Waals surface area contributed by atoms with Crippen molar-refractivity contribution in [2.75, 3.05) is 69.4 Å². The van der Waals surface area contributed by atoms with Crippen LogP contribution in [0.3, 0.4) is 0 Å². The van der Waals surface area contributed by atoms with Crippen molar-refractivity contribution in [3.63, 3.8) is 0 Å². The van der Waals surface area contributed by atoms with Crippen LogP contribution in [-0.2, 0) is 4.74 Å². The monoisotopic (exact) mass is 326 g/mol. The second kappa shape index (κ2) is 7.88. The topological polar surface area (TPSA) is 124 Å². The van der Waals surface area contributed by atoms with Gasteiger partial charge in [-0.25, -0.2) is 0 Å². The standard InChI is InChI=1S/C13H23N7O3/c1-18(2)5-3-4-15-13-16-11(14)10(20(21)22)12(17-13)19-6-8-23-9-7-19/h3-9H2,1-2H3,(H3,14,15,16,17)/p+1. The van der Waals surface area contributed by atoms with Crippen LogP contribution in [0.2, 0.25) is 0 Å². The van der Waals surface area contributed by atoms with E-state index in [4.69, 9.17) is 10.5 Å². The van der Waals surface area contributed by atoms with Crippen molar-refractivity contribution in [2.45, 2.75) is 6.42 Å². The summed E-state index contributed by atoms with van der Waals surface area (Å²) >= 11 is 0. The lowest BCUT2D eigenvalue weighted by molar-refractivity contribution is -0.858. The van der Waals surface area contributed by atoms with Gasteiger partial charge in [0.2, 0.25) is 17.6 Å². The molecule has 2 heterocycles. The van der Waals surface area contributed by atoms with Gasteiger partial charge in [-0.1, -0.05) is 0 Å². The predicted molar refractivity (Wildman–Crippen MR) is 86.9 cm³/mol. The zero-order chi connectivity index (χ0) is 16.8. The minimum Gasteiger partial charge on any atom is -0.378 e. The summed E-state index contributed by atoms with van der Waals surface area (Å²) in [4.78, 5) is 22.3. The number of morpholine rings is 1. The molecule has 0 saturated carbocycles. The summed E-state index contributed by atoms with van der Waals surface area (Å²) in [5.74, 6) is 0.460. The van der Waals surface area contributed by atoms with Gasteiger partial charge >= 0.3 is 5.69 Å². The molecule has 1 aliphatic rings. The number of nitro groups is 1. The lowest BCUT2D eigenvalue weighted by Gasteiger charge is -2.27. The van der Waals surface area contributed by atoms with Gasteiger partial charge in [0.1, 0.15) is 0 Å². The van der Waals surface area contributed by atoms with Gasteiger partial charge in [0.25, 0.3) is 0 Å². The summed E-state index contributed by atoms with van der Waals surface area (Å²) in [6, 6.07) is 0.